The zero-order valence-corrected chi connectivity index (χ0v) is 43.4. The van der Waals surface area contributed by atoms with Crippen LogP contribution in [0.5, 0.6) is 30.1 Å². The number of aliphatic hydroxyl groups excluding tert-OH is 1. The lowest BCUT2D eigenvalue weighted by atomic mass is 10.1. The summed E-state index contributed by atoms with van der Waals surface area (Å²) in [6.45, 7) is 1.49. The minimum atomic E-state index is -5.22. The lowest BCUT2D eigenvalue weighted by Crippen LogP contribution is -2.23. The third-order valence-electron chi connectivity index (χ3n) is 8.79. The number of hydrogen-bond acceptors (Lipinski definition) is 23. The van der Waals surface area contributed by atoms with E-state index in [2.05, 4.69) is 44.9 Å². The van der Waals surface area contributed by atoms with E-state index in [9.17, 15) is 70.7 Å². The first kappa shape index (κ1) is 61.9. The molecule has 0 aliphatic heterocycles. The molecule has 4 N–H and O–H groups in total. The molecular weight excluding hydrogens is 1160 g/mol. The number of nitrogens with zero attached hydrogens (tertiary/aromatic N) is 9. The minimum absolute atomic E-state index is 0.132. The summed E-state index contributed by atoms with van der Waals surface area (Å²) < 4.78 is 187. The zero-order chi connectivity index (χ0) is 57.7. The molecule has 6 rings (SSSR count). The average molecular weight is 1200 g/mol. The summed E-state index contributed by atoms with van der Waals surface area (Å²) in [6, 6.07) is 9.49. The van der Waals surface area contributed by atoms with Gasteiger partial charge in [-0.05, 0) is 37.3 Å². The molecule has 1 unspecified atom stereocenters. The van der Waals surface area contributed by atoms with Gasteiger partial charge in [0.2, 0.25) is 23.2 Å². The summed E-state index contributed by atoms with van der Waals surface area (Å²) in [5.74, 6) is -15.4. The number of halogens is 9. The van der Waals surface area contributed by atoms with Crippen molar-refractivity contribution in [3.05, 3.63) is 110 Å². The highest BCUT2D eigenvalue weighted by molar-refractivity contribution is 7.93. The van der Waals surface area contributed by atoms with Crippen molar-refractivity contribution in [3.8, 4) is 30.1 Å². The van der Waals surface area contributed by atoms with Crippen molar-refractivity contribution in [1.82, 2.24) is 44.9 Å². The number of nitrogens with one attached hydrogen (secondary N) is 3. The smallest absolute Gasteiger partial charge is 0.355 e. The summed E-state index contributed by atoms with van der Waals surface area (Å²) in [5, 5.41) is 10.1. The minimum Gasteiger partial charge on any atom is -0.467 e. The Hall–Kier alpha value is -7.67. The van der Waals surface area contributed by atoms with Crippen LogP contribution in [0, 0.1) is 12.7 Å². The molecule has 416 valence electrons. The van der Waals surface area contributed by atoms with Crippen LogP contribution in [0.1, 0.15) is 55.7 Å². The maximum Gasteiger partial charge on any atom is 0.355 e. The molecule has 3 aromatic heterocycles. The number of hydrogen-bond donors (Lipinski definition) is 4. The van der Waals surface area contributed by atoms with Gasteiger partial charge in [0, 0.05) is 5.56 Å². The van der Waals surface area contributed by atoms with Crippen molar-refractivity contribution in [2.75, 3.05) is 49.7 Å². The van der Waals surface area contributed by atoms with E-state index in [1.807, 2.05) is 0 Å². The van der Waals surface area contributed by atoms with Gasteiger partial charge in [-0.2, -0.15) is 56.2 Å². The van der Waals surface area contributed by atoms with Gasteiger partial charge in [0.1, 0.15) is 17.7 Å². The normalized spacial score (nSPS) is 11.8. The van der Waals surface area contributed by atoms with E-state index in [1.54, 1.807) is 9.44 Å². The third kappa shape index (κ3) is 15.9. The Labute approximate surface area is 439 Å². The molecule has 0 radical (unpaired) electrons. The highest BCUT2D eigenvalue weighted by Crippen LogP contribution is 2.35. The first-order valence-electron chi connectivity index (χ1n) is 20.0. The number of ketones is 2. The van der Waals surface area contributed by atoms with Gasteiger partial charge in [-0.15, -0.1) is 9.97 Å². The molecule has 6 aromatic rings. The number of para-hydroxylation sites is 3. The van der Waals surface area contributed by atoms with Crippen LogP contribution < -0.4 is 37.9 Å². The number of aryl methyl sites for hydroxylation is 1. The molecule has 3 aromatic carbocycles. The Bertz CT molecular complexity index is 3440. The predicted octanol–water partition coefficient (Wildman–Crippen LogP) is 4.85. The van der Waals surface area contributed by atoms with E-state index in [0.29, 0.717) is 0 Å². The molecule has 77 heavy (non-hydrogen) atoms. The standard InChI is InChI=1S/C13H13ClF2N4O5S.C13H11ClF2N4O4S.C13H11F3N4O5S/c1-24-12-17-10(18-13(19-12)25-2)9(21)6-4-3-5-7(14)8(6)20-26(22,23)11(15)16;1-6-17-11(19-13(18-6)24-2)10(21)7-4-3-5-8(14)9(7)20-25(22,23)12(15)16;1-24-12-17-10(18-13(19-12)25-2)9(21)6-4-3-5-7(14)8(6)20-26(22,23)11(15)16/h3-5,9,11,20-21H,1-2H3;3-5,12,20H,1-2H3;3-5,11,20H,1-2H3. The van der Waals surface area contributed by atoms with Gasteiger partial charge in [-0.3, -0.25) is 23.8 Å². The second-order valence-corrected chi connectivity index (χ2v) is 19.6. The molecule has 38 heteroatoms. The molecular formula is C39H35Cl2F7N12O14S3. The number of alkyl halides is 6. The number of carbonyl (C=O) groups excluding carboxylic acids is 2. The van der Waals surface area contributed by atoms with Crippen molar-refractivity contribution in [2.45, 2.75) is 30.3 Å². The van der Waals surface area contributed by atoms with Gasteiger partial charge in [-0.25, -0.2) is 34.6 Å². The monoisotopic (exact) mass is 1190 g/mol. The molecule has 0 spiro atoms. The molecule has 0 saturated carbocycles. The third-order valence-corrected chi connectivity index (χ3v) is 12.3. The SMILES string of the molecule is COc1nc(C)nc(C(=O)c2cccc(Cl)c2NS(=O)(=O)C(F)F)n1.COc1nc(OC)nc(C(=O)c2cccc(F)c2NS(=O)(=O)C(F)F)n1.COc1nc(OC)nc(C(O)c2cccc(Cl)c2NS(=O)(=O)C(F)F)n1. The van der Waals surface area contributed by atoms with E-state index in [1.165, 1.54) is 83.6 Å². The first-order valence-corrected chi connectivity index (χ1v) is 25.4. The molecule has 3 heterocycles. The van der Waals surface area contributed by atoms with Crippen molar-refractivity contribution < 1.29 is 94.4 Å². The summed E-state index contributed by atoms with van der Waals surface area (Å²) in [7, 11) is -9.04. The largest absolute Gasteiger partial charge is 0.467 e. The lowest BCUT2D eigenvalue weighted by Gasteiger charge is -2.17. The topological polar surface area (TPSA) is 355 Å². The molecule has 0 aliphatic carbocycles. The summed E-state index contributed by atoms with van der Waals surface area (Å²) in [5.41, 5.74) is -2.94. The Morgan fingerprint density at radius 2 is 0.857 bits per heavy atom. The van der Waals surface area contributed by atoms with Crippen LogP contribution in [0.25, 0.3) is 0 Å². The number of sulfonamides is 3. The fraction of sp³-hybridized carbons (Fsp3) is 0.256. The van der Waals surface area contributed by atoms with E-state index in [-0.39, 0.29) is 68.7 Å². The van der Waals surface area contributed by atoms with E-state index in [4.69, 9.17) is 46.9 Å². The van der Waals surface area contributed by atoms with Gasteiger partial charge in [0.05, 0.1) is 73.8 Å². The fourth-order valence-electron chi connectivity index (χ4n) is 5.38. The molecule has 0 fully saturated rings. The van der Waals surface area contributed by atoms with Crippen LogP contribution in [-0.4, -0.2) is 140 Å². The van der Waals surface area contributed by atoms with Crippen LogP contribution in [-0.2, 0) is 30.1 Å². The Balaban J connectivity index is 0.000000249. The number of benzene rings is 3. The molecule has 0 saturated heterocycles. The molecule has 0 bridgehead atoms. The predicted molar refractivity (Wildman–Crippen MR) is 253 cm³/mol. The maximum atomic E-state index is 14.0. The summed E-state index contributed by atoms with van der Waals surface area (Å²) in [4.78, 5) is 59.0. The molecule has 0 aliphatic rings. The number of ether oxygens (including phenoxy) is 5. The summed E-state index contributed by atoms with van der Waals surface area (Å²) >= 11 is 11.8. The van der Waals surface area contributed by atoms with Gasteiger partial charge in [0.15, 0.2) is 5.82 Å². The zero-order valence-electron chi connectivity index (χ0n) is 39.4. The quantitative estimate of drug-likeness (QED) is 0.0586. The number of aliphatic hydroxyl groups is 1. The van der Waals surface area contributed by atoms with E-state index < -0.39 is 99.3 Å². The maximum absolute atomic E-state index is 14.0. The van der Waals surface area contributed by atoms with Gasteiger partial charge in [-0.1, -0.05) is 47.5 Å². The first-order chi connectivity index (χ1) is 36.0. The average Bonchev–Trinajstić information content (AvgIpc) is 3.39. The van der Waals surface area contributed by atoms with Crippen LogP contribution in [0.2, 0.25) is 10.0 Å². The van der Waals surface area contributed by atoms with Crippen LogP contribution in [0.15, 0.2) is 54.6 Å². The van der Waals surface area contributed by atoms with Crippen LogP contribution in [0.3, 0.4) is 0 Å². The molecule has 0 amide bonds. The number of anilines is 3. The van der Waals surface area contributed by atoms with Gasteiger partial charge < -0.3 is 28.8 Å². The number of rotatable bonds is 20. The summed E-state index contributed by atoms with van der Waals surface area (Å²) in [6.07, 6.45) is -1.64. The van der Waals surface area contributed by atoms with Crippen molar-refractivity contribution in [3.63, 3.8) is 0 Å². The highest BCUT2D eigenvalue weighted by Gasteiger charge is 2.32. The van der Waals surface area contributed by atoms with Gasteiger partial charge >= 0.3 is 47.3 Å². The Morgan fingerprint density at radius 3 is 1.30 bits per heavy atom. The number of aromatic nitrogens is 9. The Kier molecular flexibility index (Phi) is 21.2. The second kappa shape index (κ2) is 26.4. The van der Waals surface area contributed by atoms with Crippen LogP contribution in [0.4, 0.5) is 47.8 Å². The van der Waals surface area contributed by atoms with E-state index in [0.717, 1.165) is 18.2 Å². The van der Waals surface area contributed by atoms with Crippen LogP contribution >= 0.6 is 23.2 Å². The van der Waals surface area contributed by atoms with Gasteiger partial charge in [0.25, 0.3) is 30.1 Å². The number of methoxy groups -OCH3 is 5. The highest BCUT2D eigenvalue weighted by atomic mass is 35.5. The van der Waals surface area contributed by atoms with Crippen molar-refractivity contribution >= 4 is 81.9 Å². The second-order valence-electron chi connectivity index (χ2n) is 13.8. The molecule has 26 nitrogen and oxygen atoms in total. The van der Waals surface area contributed by atoms with Crippen molar-refractivity contribution in [2.24, 2.45) is 0 Å². The fourth-order valence-corrected chi connectivity index (χ4v) is 7.72. The molecule has 1 atom stereocenters. The van der Waals surface area contributed by atoms with Crippen molar-refractivity contribution in [1.29, 1.82) is 0 Å². The van der Waals surface area contributed by atoms with E-state index >= 15 is 0 Å². The Morgan fingerprint density at radius 1 is 0.506 bits per heavy atom. The lowest BCUT2D eigenvalue weighted by molar-refractivity contribution is 0.102. The number of carbonyl (C=O) groups is 2.